The number of carbonyl (C=O) groups is 1. The second-order valence-corrected chi connectivity index (χ2v) is 6.39. The zero-order chi connectivity index (χ0) is 13.1. The molecule has 94 valence electrons. The molecular weight excluding hydrogens is 322 g/mol. The van der Waals surface area contributed by atoms with Crippen LogP contribution in [0.3, 0.4) is 0 Å². The first-order valence-corrected chi connectivity index (χ1v) is 6.85. The molecule has 0 amide bonds. The van der Waals surface area contributed by atoms with E-state index in [0.717, 1.165) is 20.8 Å². The lowest BCUT2D eigenvalue weighted by Crippen LogP contribution is -2.06. The first kappa shape index (κ1) is 13.4. The highest BCUT2D eigenvalue weighted by atomic mass is 79.9. The third-order valence-corrected chi connectivity index (χ3v) is 4.01. The fraction of sp³-hybridized carbons (Fsp3) is 0.154. The van der Waals surface area contributed by atoms with Gasteiger partial charge in [-0.2, -0.15) is 0 Å². The smallest absolute Gasteiger partial charge is 0.159 e. The van der Waals surface area contributed by atoms with Crippen molar-refractivity contribution in [3.63, 3.8) is 0 Å². The number of carbonyl (C=O) groups excluding carboxylic acids is 1. The molecule has 5 heteroatoms. The molecule has 0 bridgehead atoms. The molecule has 0 aliphatic rings. The summed E-state index contributed by atoms with van der Waals surface area (Å²) in [5.41, 5.74) is 0.495. The van der Waals surface area contributed by atoms with Crippen LogP contribution in [-0.2, 0) is 17.6 Å². The van der Waals surface area contributed by atoms with Gasteiger partial charge in [-0.15, -0.1) is 11.3 Å². The van der Waals surface area contributed by atoms with Crippen molar-refractivity contribution in [3.8, 4) is 0 Å². The first-order valence-electron chi connectivity index (χ1n) is 5.24. The van der Waals surface area contributed by atoms with Crippen molar-refractivity contribution in [2.45, 2.75) is 12.8 Å². The number of ketones is 1. The molecule has 1 nitrogen and oxygen atoms in total. The molecule has 1 heterocycles. The van der Waals surface area contributed by atoms with Gasteiger partial charge >= 0.3 is 0 Å². The third kappa shape index (κ3) is 3.46. The van der Waals surface area contributed by atoms with Crippen LogP contribution >= 0.6 is 27.3 Å². The Kier molecular flexibility index (Phi) is 4.24. The largest absolute Gasteiger partial charge is 0.299 e. The predicted molar refractivity (Wildman–Crippen MR) is 70.8 cm³/mol. The number of halogens is 3. The molecule has 2 aromatic rings. The van der Waals surface area contributed by atoms with Crippen LogP contribution < -0.4 is 0 Å². The lowest BCUT2D eigenvalue weighted by molar-refractivity contribution is -0.117. The van der Waals surface area contributed by atoms with Gasteiger partial charge in [-0.3, -0.25) is 4.79 Å². The van der Waals surface area contributed by atoms with Crippen LogP contribution in [0.4, 0.5) is 8.78 Å². The molecule has 0 atom stereocenters. The zero-order valence-electron chi connectivity index (χ0n) is 9.25. The van der Waals surface area contributed by atoms with E-state index in [1.165, 1.54) is 17.4 Å². The van der Waals surface area contributed by atoms with Crippen molar-refractivity contribution in [1.82, 2.24) is 0 Å². The summed E-state index contributed by atoms with van der Waals surface area (Å²) in [5.74, 6) is -1.83. The van der Waals surface area contributed by atoms with Crippen LogP contribution in [-0.4, -0.2) is 5.78 Å². The average molecular weight is 331 g/mol. The molecular formula is C13H9BrF2OS. The van der Waals surface area contributed by atoms with Crippen LogP contribution in [0.5, 0.6) is 0 Å². The van der Waals surface area contributed by atoms with Gasteiger partial charge in [0.25, 0.3) is 0 Å². The Hall–Kier alpha value is -1.07. The summed E-state index contributed by atoms with van der Waals surface area (Å²) >= 11 is 4.82. The normalized spacial score (nSPS) is 10.6. The Labute approximate surface area is 116 Å². The van der Waals surface area contributed by atoms with Crippen LogP contribution in [0, 0.1) is 11.6 Å². The number of thiophene rings is 1. The minimum atomic E-state index is -0.917. The fourth-order valence-corrected chi connectivity index (χ4v) is 3.09. The minimum Gasteiger partial charge on any atom is -0.299 e. The maximum absolute atomic E-state index is 13.0. The summed E-state index contributed by atoms with van der Waals surface area (Å²) < 4.78 is 26.7. The average Bonchev–Trinajstić information content (AvgIpc) is 2.69. The maximum atomic E-state index is 13.0. The van der Waals surface area contributed by atoms with Gasteiger partial charge in [-0.25, -0.2) is 8.78 Å². The van der Waals surface area contributed by atoms with Crippen LogP contribution in [0.2, 0.25) is 0 Å². The van der Waals surface area contributed by atoms with E-state index < -0.39 is 11.6 Å². The zero-order valence-corrected chi connectivity index (χ0v) is 11.7. The molecule has 0 saturated heterocycles. The van der Waals surface area contributed by atoms with E-state index >= 15 is 0 Å². The predicted octanol–water partition coefficient (Wildman–Crippen LogP) is 4.14. The van der Waals surface area contributed by atoms with Crippen molar-refractivity contribution in [2.75, 3.05) is 0 Å². The van der Waals surface area contributed by atoms with Gasteiger partial charge in [-0.05, 0) is 45.8 Å². The highest BCUT2D eigenvalue weighted by molar-refractivity contribution is 9.11. The standard InChI is InChI=1S/C13H9BrF2OS/c14-13-4-2-10(18-13)7-9(17)5-8-1-3-11(15)12(16)6-8/h1-4,6H,5,7H2. The van der Waals surface area contributed by atoms with Gasteiger partial charge in [0.1, 0.15) is 5.78 Å². The highest BCUT2D eigenvalue weighted by Gasteiger charge is 2.09. The number of hydrogen-bond acceptors (Lipinski definition) is 2. The Morgan fingerprint density at radius 2 is 1.89 bits per heavy atom. The molecule has 2 rings (SSSR count). The number of hydrogen-bond donors (Lipinski definition) is 0. The van der Waals surface area contributed by atoms with E-state index in [2.05, 4.69) is 15.9 Å². The molecule has 0 aliphatic heterocycles. The molecule has 0 saturated carbocycles. The van der Waals surface area contributed by atoms with Crippen molar-refractivity contribution >= 4 is 33.0 Å². The topological polar surface area (TPSA) is 17.1 Å². The fourth-order valence-electron chi connectivity index (χ4n) is 1.58. The molecule has 0 unspecified atom stereocenters. The van der Waals surface area contributed by atoms with Gasteiger partial charge in [0.2, 0.25) is 0 Å². The lowest BCUT2D eigenvalue weighted by atomic mass is 10.1. The van der Waals surface area contributed by atoms with E-state index in [0.29, 0.717) is 12.0 Å². The van der Waals surface area contributed by atoms with E-state index in [1.54, 1.807) is 0 Å². The molecule has 0 spiro atoms. The second kappa shape index (κ2) is 5.71. The van der Waals surface area contributed by atoms with Crippen molar-refractivity contribution in [1.29, 1.82) is 0 Å². The summed E-state index contributed by atoms with van der Waals surface area (Å²) in [5, 5.41) is 0. The monoisotopic (exact) mass is 330 g/mol. The van der Waals surface area contributed by atoms with Crippen LogP contribution in [0.1, 0.15) is 10.4 Å². The first-order chi connectivity index (χ1) is 8.54. The molecule has 1 aromatic heterocycles. The van der Waals surface area contributed by atoms with E-state index in [1.807, 2.05) is 12.1 Å². The third-order valence-electron chi connectivity index (χ3n) is 2.39. The molecule has 1 aromatic carbocycles. The summed E-state index contributed by atoms with van der Waals surface area (Å²) in [6.45, 7) is 0. The SMILES string of the molecule is O=C(Cc1ccc(F)c(F)c1)Cc1ccc(Br)s1. The molecule has 0 fully saturated rings. The Bertz CT molecular complexity index is 580. The molecule has 18 heavy (non-hydrogen) atoms. The number of rotatable bonds is 4. The Morgan fingerprint density at radius 3 is 2.50 bits per heavy atom. The van der Waals surface area contributed by atoms with Crippen molar-refractivity contribution in [2.24, 2.45) is 0 Å². The molecule has 0 radical (unpaired) electrons. The summed E-state index contributed by atoms with van der Waals surface area (Å²) in [4.78, 5) is 12.7. The lowest BCUT2D eigenvalue weighted by Gasteiger charge is -2.01. The van der Waals surface area contributed by atoms with Crippen LogP contribution in [0.15, 0.2) is 34.1 Å². The summed E-state index contributed by atoms with van der Waals surface area (Å²) in [6.07, 6.45) is 0.433. The Morgan fingerprint density at radius 1 is 1.11 bits per heavy atom. The number of Topliss-reactive ketones (excluding diaryl/α,β-unsaturated/α-hetero) is 1. The van der Waals surface area contributed by atoms with Gasteiger partial charge < -0.3 is 0 Å². The van der Waals surface area contributed by atoms with Crippen molar-refractivity contribution in [3.05, 3.63) is 56.2 Å². The molecule has 0 N–H and O–H groups in total. The van der Waals surface area contributed by atoms with Gasteiger partial charge in [0, 0.05) is 17.7 Å². The second-order valence-electron chi connectivity index (χ2n) is 3.85. The number of benzene rings is 1. The maximum Gasteiger partial charge on any atom is 0.159 e. The van der Waals surface area contributed by atoms with E-state index in [-0.39, 0.29) is 12.2 Å². The van der Waals surface area contributed by atoms with E-state index in [4.69, 9.17) is 0 Å². The Balaban J connectivity index is 2.00. The minimum absolute atomic E-state index is 0.0182. The summed E-state index contributed by atoms with van der Waals surface area (Å²) in [7, 11) is 0. The van der Waals surface area contributed by atoms with Gasteiger partial charge in [0.05, 0.1) is 3.79 Å². The summed E-state index contributed by atoms with van der Waals surface area (Å²) in [6, 6.07) is 7.29. The van der Waals surface area contributed by atoms with Gasteiger partial charge in [0.15, 0.2) is 11.6 Å². The highest BCUT2D eigenvalue weighted by Crippen LogP contribution is 2.23. The quantitative estimate of drug-likeness (QED) is 0.823. The van der Waals surface area contributed by atoms with Crippen LogP contribution in [0.25, 0.3) is 0 Å². The van der Waals surface area contributed by atoms with Crippen molar-refractivity contribution < 1.29 is 13.6 Å². The van der Waals surface area contributed by atoms with E-state index in [9.17, 15) is 13.6 Å². The van der Waals surface area contributed by atoms with Gasteiger partial charge in [-0.1, -0.05) is 6.07 Å². The molecule has 0 aliphatic carbocycles.